The van der Waals surface area contributed by atoms with E-state index in [0.717, 1.165) is 16.7 Å². The molecule has 1 aliphatic rings. The van der Waals surface area contributed by atoms with E-state index < -0.39 is 6.29 Å². The van der Waals surface area contributed by atoms with Gasteiger partial charge in [-0.25, -0.2) is 0 Å². The van der Waals surface area contributed by atoms with Crippen LogP contribution in [0.4, 0.5) is 0 Å². The van der Waals surface area contributed by atoms with Crippen LogP contribution in [0.15, 0.2) is 121 Å². The van der Waals surface area contributed by atoms with Crippen LogP contribution in [-0.4, -0.2) is 53.3 Å². The van der Waals surface area contributed by atoms with E-state index in [1.54, 1.807) is 7.11 Å². The van der Waals surface area contributed by atoms with E-state index in [4.69, 9.17) is 23.7 Å². The fraction of sp³-hybridized carbons (Fsp3) is 0.294. The van der Waals surface area contributed by atoms with Crippen molar-refractivity contribution in [3.8, 4) is 0 Å². The van der Waals surface area contributed by atoms with Crippen molar-refractivity contribution in [1.29, 1.82) is 0 Å². The van der Waals surface area contributed by atoms with Gasteiger partial charge in [0.25, 0.3) is 0 Å². The molecule has 4 aromatic rings. The standard InChI is InChI=1S/C34H36O5Se/c1-35-34-33(40-29-20-12-5-13-21-29)32(38-24-28-18-10-4-11-19-28)31(37-23-27-16-8-3-9-17-27)30(39-34)25-36-22-26-14-6-2-7-15-26/h2-21,30-34H,22-25H2,1H3/t30-,31-,32+,33-,34-/m1/s1. The summed E-state index contributed by atoms with van der Waals surface area (Å²) in [5.41, 5.74) is 3.34. The van der Waals surface area contributed by atoms with E-state index in [1.807, 2.05) is 60.7 Å². The molecule has 5 nitrogen and oxygen atoms in total. The van der Waals surface area contributed by atoms with E-state index in [9.17, 15) is 0 Å². The van der Waals surface area contributed by atoms with Gasteiger partial charge in [-0.1, -0.05) is 0 Å². The van der Waals surface area contributed by atoms with Gasteiger partial charge in [0.1, 0.15) is 0 Å². The fourth-order valence-electron chi connectivity index (χ4n) is 4.78. The first-order valence-electron chi connectivity index (χ1n) is 13.6. The summed E-state index contributed by atoms with van der Waals surface area (Å²) in [5.74, 6) is 0. The van der Waals surface area contributed by atoms with Crippen LogP contribution in [0.5, 0.6) is 0 Å². The van der Waals surface area contributed by atoms with E-state index in [2.05, 4.69) is 60.7 Å². The zero-order valence-electron chi connectivity index (χ0n) is 22.7. The predicted molar refractivity (Wildman–Crippen MR) is 157 cm³/mol. The van der Waals surface area contributed by atoms with Gasteiger partial charge >= 0.3 is 244 Å². The molecule has 0 N–H and O–H groups in total. The number of methoxy groups -OCH3 is 1. The molecular weight excluding hydrogens is 567 g/mol. The van der Waals surface area contributed by atoms with Crippen molar-refractivity contribution >= 4 is 19.4 Å². The molecule has 1 saturated heterocycles. The Morgan fingerprint density at radius 2 is 1.07 bits per heavy atom. The summed E-state index contributed by atoms with van der Waals surface area (Å²) in [6.07, 6.45) is -1.40. The molecule has 5 atom stereocenters. The summed E-state index contributed by atoms with van der Waals surface area (Å²) in [6.45, 7) is 1.80. The Morgan fingerprint density at radius 1 is 0.600 bits per heavy atom. The molecule has 6 heteroatoms. The summed E-state index contributed by atoms with van der Waals surface area (Å²) in [4.78, 5) is -0.0187. The van der Waals surface area contributed by atoms with Gasteiger partial charge in [0, 0.05) is 0 Å². The van der Waals surface area contributed by atoms with Gasteiger partial charge in [-0.2, -0.15) is 0 Å². The van der Waals surface area contributed by atoms with Gasteiger partial charge in [-0.15, -0.1) is 0 Å². The molecule has 0 spiro atoms. The number of benzene rings is 4. The van der Waals surface area contributed by atoms with Crippen molar-refractivity contribution in [2.45, 2.75) is 49.2 Å². The van der Waals surface area contributed by atoms with E-state index in [0.29, 0.717) is 26.4 Å². The van der Waals surface area contributed by atoms with Crippen molar-refractivity contribution in [1.82, 2.24) is 0 Å². The number of hydrogen-bond acceptors (Lipinski definition) is 5. The molecule has 0 unspecified atom stereocenters. The molecule has 4 aromatic carbocycles. The maximum absolute atomic E-state index is 6.76. The minimum absolute atomic E-state index is 0.0187. The quantitative estimate of drug-likeness (QED) is 0.187. The number of rotatable bonds is 13. The third-order valence-electron chi connectivity index (χ3n) is 6.80. The molecule has 208 valence electrons. The van der Waals surface area contributed by atoms with Gasteiger partial charge in [0.05, 0.1) is 0 Å². The fourth-order valence-corrected chi connectivity index (χ4v) is 7.47. The van der Waals surface area contributed by atoms with Crippen molar-refractivity contribution in [2.75, 3.05) is 13.7 Å². The SMILES string of the molecule is CO[C@@H]1O[C@H](COCc2ccccc2)[C@@H](OCc2ccccc2)[C@H](OCc2ccccc2)[C@H]1[Se]c1ccccc1. The normalized spacial score (nSPS) is 22.7. The molecule has 0 aliphatic carbocycles. The predicted octanol–water partition coefficient (Wildman–Crippen LogP) is 5.56. The van der Waals surface area contributed by atoms with Crippen LogP contribution in [0.25, 0.3) is 0 Å². The van der Waals surface area contributed by atoms with E-state index >= 15 is 0 Å². The van der Waals surface area contributed by atoms with Gasteiger partial charge in [0.2, 0.25) is 0 Å². The molecule has 0 bridgehead atoms. The zero-order valence-corrected chi connectivity index (χ0v) is 24.4. The van der Waals surface area contributed by atoms with Crippen molar-refractivity contribution in [3.05, 3.63) is 138 Å². The van der Waals surface area contributed by atoms with Gasteiger partial charge in [0.15, 0.2) is 0 Å². The molecular formula is C34H36O5Se. The van der Waals surface area contributed by atoms with Crippen molar-refractivity contribution in [3.63, 3.8) is 0 Å². The van der Waals surface area contributed by atoms with Crippen LogP contribution in [0, 0.1) is 0 Å². The first kappa shape index (κ1) is 28.7. The third kappa shape index (κ3) is 8.12. The second kappa shape index (κ2) is 15.3. The van der Waals surface area contributed by atoms with E-state index in [-0.39, 0.29) is 38.1 Å². The Bertz CT molecular complexity index is 1240. The van der Waals surface area contributed by atoms with Gasteiger partial charge in [-0.05, 0) is 0 Å². The third-order valence-corrected chi connectivity index (χ3v) is 9.55. The molecule has 0 radical (unpaired) electrons. The van der Waals surface area contributed by atoms with Gasteiger partial charge < -0.3 is 0 Å². The Kier molecular flexibility index (Phi) is 11.0. The molecule has 0 aromatic heterocycles. The molecule has 0 saturated carbocycles. The molecule has 40 heavy (non-hydrogen) atoms. The summed E-state index contributed by atoms with van der Waals surface area (Å²) < 4.78 is 33.5. The first-order valence-corrected chi connectivity index (χ1v) is 15.5. The van der Waals surface area contributed by atoms with Crippen LogP contribution in [-0.2, 0) is 43.5 Å². The minimum atomic E-state index is -0.442. The van der Waals surface area contributed by atoms with Crippen LogP contribution in [0.2, 0.25) is 4.82 Å². The molecule has 1 aliphatic heterocycles. The Morgan fingerprint density at radius 3 is 1.60 bits per heavy atom. The summed E-state index contributed by atoms with van der Waals surface area (Å²) in [6, 6.07) is 41.2. The second-order valence-corrected chi connectivity index (χ2v) is 12.3. The average Bonchev–Trinajstić information content (AvgIpc) is 3.02. The number of ether oxygens (including phenoxy) is 5. The van der Waals surface area contributed by atoms with E-state index in [1.165, 1.54) is 4.46 Å². The molecule has 0 amide bonds. The molecule has 1 heterocycles. The van der Waals surface area contributed by atoms with Crippen LogP contribution in [0.1, 0.15) is 16.7 Å². The summed E-state index contributed by atoms with van der Waals surface area (Å²) in [5, 5.41) is 0. The van der Waals surface area contributed by atoms with Crippen molar-refractivity contribution < 1.29 is 23.7 Å². The van der Waals surface area contributed by atoms with Crippen LogP contribution < -0.4 is 4.46 Å². The Labute approximate surface area is 243 Å². The number of hydrogen-bond donors (Lipinski definition) is 0. The monoisotopic (exact) mass is 604 g/mol. The second-order valence-electron chi connectivity index (χ2n) is 9.70. The Hall–Kier alpha value is -2.80. The van der Waals surface area contributed by atoms with Gasteiger partial charge in [-0.3, -0.25) is 0 Å². The Balaban J connectivity index is 1.40. The molecule has 5 rings (SSSR count). The molecule has 1 fully saturated rings. The summed E-state index contributed by atoms with van der Waals surface area (Å²) in [7, 11) is 1.71. The van der Waals surface area contributed by atoms with Crippen LogP contribution in [0.3, 0.4) is 0 Å². The maximum atomic E-state index is 6.76. The summed E-state index contributed by atoms with van der Waals surface area (Å²) >= 11 is 0.0213. The average molecular weight is 604 g/mol. The topological polar surface area (TPSA) is 46.2 Å². The first-order chi connectivity index (χ1) is 19.8. The van der Waals surface area contributed by atoms with Crippen LogP contribution >= 0.6 is 0 Å². The van der Waals surface area contributed by atoms with Crippen molar-refractivity contribution in [2.24, 2.45) is 0 Å². The zero-order chi connectivity index (χ0) is 27.4.